The third kappa shape index (κ3) is 6.31. The Labute approximate surface area is 133 Å². The minimum atomic E-state index is -1.44. The lowest BCUT2D eigenvalue weighted by Gasteiger charge is -2.15. The molecule has 124 valence electrons. The van der Waals surface area contributed by atoms with Crippen LogP contribution in [0.1, 0.15) is 24.2 Å². The largest absolute Gasteiger partial charge is 0.490 e. The Morgan fingerprint density at radius 1 is 1.22 bits per heavy atom. The van der Waals surface area contributed by atoms with Crippen molar-refractivity contribution in [1.29, 1.82) is 0 Å². The molecule has 1 rings (SSSR count). The van der Waals surface area contributed by atoms with E-state index in [2.05, 4.69) is 6.58 Å². The van der Waals surface area contributed by atoms with Crippen molar-refractivity contribution in [1.82, 2.24) is 5.32 Å². The number of alkyl carbamates (subject to hydrolysis) is 1. The quantitative estimate of drug-likeness (QED) is 0.448. The lowest BCUT2D eigenvalue weighted by atomic mass is 9.97. The zero-order chi connectivity index (χ0) is 17.5. The molecule has 23 heavy (non-hydrogen) atoms. The Morgan fingerprint density at radius 2 is 1.83 bits per heavy atom. The summed E-state index contributed by atoms with van der Waals surface area (Å²) >= 11 is 0. The van der Waals surface area contributed by atoms with Crippen LogP contribution in [-0.4, -0.2) is 41.7 Å². The summed E-state index contributed by atoms with van der Waals surface area (Å²) in [4.78, 5) is 33.8. The number of ether oxygens (including phenoxy) is 2. The summed E-state index contributed by atoms with van der Waals surface area (Å²) in [6.45, 7) is 6.05. The van der Waals surface area contributed by atoms with Crippen molar-refractivity contribution >= 4 is 17.8 Å². The zero-order valence-electron chi connectivity index (χ0n) is 13.0. The average Bonchev–Trinajstić information content (AvgIpc) is 2.50. The van der Waals surface area contributed by atoms with Gasteiger partial charge in [0.15, 0.2) is 5.78 Å². The van der Waals surface area contributed by atoms with E-state index in [0.29, 0.717) is 11.3 Å². The molecule has 0 saturated carbocycles. The fourth-order valence-corrected chi connectivity index (χ4v) is 1.54. The maximum atomic E-state index is 11.8. The fourth-order valence-electron chi connectivity index (χ4n) is 1.54. The van der Waals surface area contributed by atoms with Crippen LogP contribution in [0.15, 0.2) is 36.9 Å². The Hall–Kier alpha value is -2.67. The number of ketones is 1. The summed E-state index contributed by atoms with van der Waals surface area (Å²) in [5.41, 5.74) is -1.07. The molecule has 1 aromatic rings. The first-order valence-corrected chi connectivity index (χ1v) is 6.84. The molecule has 0 aromatic heterocycles. The molecule has 1 aromatic carbocycles. The van der Waals surface area contributed by atoms with Crippen molar-refractivity contribution < 1.29 is 29.0 Å². The van der Waals surface area contributed by atoms with Crippen LogP contribution >= 0.6 is 0 Å². The molecule has 0 heterocycles. The molecular weight excluding hydrogens is 302 g/mol. The van der Waals surface area contributed by atoms with Crippen LogP contribution in [0.2, 0.25) is 0 Å². The molecule has 2 N–H and O–H groups in total. The maximum Gasteiger partial charge on any atom is 0.414 e. The molecule has 0 atom stereocenters. The lowest BCUT2D eigenvalue weighted by molar-refractivity contribution is -0.115. The van der Waals surface area contributed by atoms with Crippen LogP contribution in [-0.2, 0) is 9.53 Å². The Kier molecular flexibility index (Phi) is 6.47. The second kappa shape index (κ2) is 8.09. The smallest absolute Gasteiger partial charge is 0.414 e. The van der Waals surface area contributed by atoms with Crippen molar-refractivity contribution in [2.75, 3.05) is 13.2 Å². The van der Waals surface area contributed by atoms with E-state index >= 15 is 0 Å². The zero-order valence-corrected chi connectivity index (χ0v) is 13.0. The Bertz CT molecular complexity index is 586. The van der Waals surface area contributed by atoms with Crippen molar-refractivity contribution in [3.8, 4) is 5.75 Å². The van der Waals surface area contributed by atoms with Crippen LogP contribution in [0.3, 0.4) is 0 Å². The Morgan fingerprint density at radius 3 is 2.35 bits per heavy atom. The minimum absolute atomic E-state index is 0.0550. The number of benzene rings is 1. The second-order valence-corrected chi connectivity index (χ2v) is 5.09. The molecule has 0 spiro atoms. The van der Waals surface area contributed by atoms with E-state index < -0.39 is 23.4 Å². The second-order valence-electron chi connectivity index (χ2n) is 5.09. The predicted molar refractivity (Wildman–Crippen MR) is 82.3 cm³/mol. The van der Waals surface area contributed by atoms with Crippen LogP contribution in [0, 0.1) is 0 Å². The van der Waals surface area contributed by atoms with Gasteiger partial charge in [0.1, 0.15) is 24.6 Å². The summed E-state index contributed by atoms with van der Waals surface area (Å²) in [5.74, 6) is -0.567. The number of nitrogens with one attached hydrogen (secondary N) is 1. The van der Waals surface area contributed by atoms with Crippen LogP contribution in [0.4, 0.5) is 4.79 Å². The van der Waals surface area contributed by atoms with Gasteiger partial charge in [0.2, 0.25) is 0 Å². The molecule has 7 heteroatoms. The van der Waals surface area contributed by atoms with E-state index in [0.717, 1.165) is 6.08 Å². The van der Waals surface area contributed by atoms with E-state index in [1.165, 1.54) is 26.0 Å². The summed E-state index contributed by atoms with van der Waals surface area (Å²) in [5, 5.41) is 11.6. The van der Waals surface area contributed by atoms with Crippen LogP contribution < -0.4 is 10.1 Å². The standard InChI is InChI=1S/C16H19NO6/c1-4-13(18)17-15(20)23-10-9-22-12-7-5-11(6-8-12)14(19)16(2,3)21/h4-8,21H,1,9-10H2,2-3H3,(H,17,18,20). The highest BCUT2D eigenvalue weighted by Gasteiger charge is 2.24. The van der Waals surface area contributed by atoms with Gasteiger partial charge in [0.05, 0.1) is 0 Å². The first-order valence-electron chi connectivity index (χ1n) is 6.84. The Balaban J connectivity index is 2.39. The third-order valence-corrected chi connectivity index (χ3v) is 2.67. The molecule has 0 saturated heterocycles. The molecule has 0 unspecified atom stereocenters. The average molecular weight is 321 g/mol. The maximum absolute atomic E-state index is 11.8. The molecule has 0 fully saturated rings. The summed E-state index contributed by atoms with van der Waals surface area (Å²) in [6, 6.07) is 6.21. The number of aliphatic hydroxyl groups is 1. The highest BCUT2D eigenvalue weighted by molar-refractivity contribution is 6.01. The molecule has 0 aliphatic rings. The van der Waals surface area contributed by atoms with Gasteiger partial charge in [-0.15, -0.1) is 0 Å². The molecular formula is C16H19NO6. The molecule has 2 amide bonds. The van der Waals surface area contributed by atoms with Gasteiger partial charge in [-0.25, -0.2) is 4.79 Å². The first-order chi connectivity index (χ1) is 10.7. The van der Waals surface area contributed by atoms with Crippen molar-refractivity contribution in [3.05, 3.63) is 42.5 Å². The van der Waals surface area contributed by atoms with E-state index in [4.69, 9.17) is 9.47 Å². The van der Waals surface area contributed by atoms with E-state index in [-0.39, 0.29) is 13.2 Å². The van der Waals surface area contributed by atoms with Crippen molar-refractivity contribution in [3.63, 3.8) is 0 Å². The summed E-state index contributed by atoms with van der Waals surface area (Å²) in [7, 11) is 0. The topological polar surface area (TPSA) is 102 Å². The number of Topliss-reactive ketones (excluding diaryl/α,β-unsaturated/α-hetero) is 1. The van der Waals surface area contributed by atoms with E-state index in [1.807, 2.05) is 5.32 Å². The number of imide groups is 1. The fraction of sp³-hybridized carbons (Fsp3) is 0.312. The monoisotopic (exact) mass is 321 g/mol. The number of hydrogen-bond acceptors (Lipinski definition) is 6. The number of rotatable bonds is 7. The summed E-state index contributed by atoms with van der Waals surface area (Å²) in [6.07, 6.45) is 0.0680. The number of amides is 2. The van der Waals surface area contributed by atoms with Gasteiger partial charge >= 0.3 is 6.09 Å². The SMILES string of the molecule is C=CC(=O)NC(=O)OCCOc1ccc(C(=O)C(C)(C)O)cc1. The molecule has 0 bridgehead atoms. The number of carbonyl (C=O) groups excluding carboxylic acids is 3. The normalized spacial score (nSPS) is 10.6. The highest BCUT2D eigenvalue weighted by Crippen LogP contribution is 2.17. The molecule has 0 aliphatic carbocycles. The molecule has 0 aliphatic heterocycles. The molecule has 7 nitrogen and oxygen atoms in total. The van der Waals surface area contributed by atoms with Gasteiger partial charge in [-0.2, -0.15) is 0 Å². The first kappa shape index (κ1) is 18.4. The number of carbonyl (C=O) groups is 3. The van der Waals surface area contributed by atoms with Gasteiger partial charge in [-0.1, -0.05) is 6.58 Å². The molecule has 0 radical (unpaired) electrons. The van der Waals surface area contributed by atoms with Gasteiger partial charge in [-0.3, -0.25) is 14.9 Å². The van der Waals surface area contributed by atoms with Crippen LogP contribution in [0.25, 0.3) is 0 Å². The number of hydrogen-bond donors (Lipinski definition) is 2. The lowest BCUT2D eigenvalue weighted by Crippen LogP contribution is -2.31. The summed E-state index contributed by atoms with van der Waals surface area (Å²) < 4.78 is 10.0. The van der Waals surface area contributed by atoms with E-state index in [1.54, 1.807) is 12.1 Å². The van der Waals surface area contributed by atoms with Crippen LogP contribution in [0.5, 0.6) is 5.75 Å². The minimum Gasteiger partial charge on any atom is -0.490 e. The van der Waals surface area contributed by atoms with E-state index in [9.17, 15) is 19.5 Å². The third-order valence-electron chi connectivity index (χ3n) is 2.67. The van der Waals surface area contributed by atoms with Gasteiger partial charge in [0.25, 0.3) is 5.91 Å². The van der Waals surface area contributed by atoms with Gasteiger partial charge in [-0.05, 0) is 44.2 Å². The predicted octanol–water partition coefficient (Wildman–Crippen LogP) is 1.46. The van der Waals surface area contributed by atoms with Gasteiger partial charge < -0.3 is 14.6 Å². The van der Waals surface area contributed by atoms with Crippen molar-refractivity contribution in [2.45, 2.75) is 19.4 Å². The van der Waals surface area contributed by atoms with Crippen molar-refractivity contribution in [2.24, 2.45) is 0 Å². The van der Waals surface area contributed by atoms with Gasteiger partial charge in [0, 0.05) is 5.56 Å². The highest BCUT2D eigenvalue weighted by atomic mass is 16.6.